The number of rotatable bonds is 8. The highest BCUT2D eigenvalue weighted by Crippen LogP contribution is 2.35. The molecule has 0 unspecified atom stereocenters. The molecule has 0 aliphatic rings. The maximum atomic E-state index is 14.8. The second-order valence-corrected chi connectivity index (χ2v) is 7.47. The summed E-state index contributed by atoms with van der Waals surface area (Å²) in [5, 5.41) is -0.350. The molecule has 0 atom stereocenters. The molecule has 0 aliphatic heterocycles. The first kappa shape index (κ1) is 22.8. The third-order valence-electron chi connectivity index (χ3n) is 4.49. The van der Waals surface area contributed by atoms with Crippen LogP contribution in [0.2, 0.25) is 0 Å². The van der Waals surface area contributed by atoms with Gasteiger partial charge in [0.15, 0.2) is 5.43 Å². The van der Waals surface area contributed by atoms with Crippen LogP contribution in [0.4, 0.5) is 4.39 Å². The van der Waals surface area contributed by atoms with Crippen molar-refractivity contribution in [2.24, 2.45) is 0 Å². The average molecular weight is 451 g/mol. The molecule has 166 valence electrons. The summed E-state index contributed by atoms with van der Waals surface area (Å²) in [6.07, 6.45) is 1.26. The van der Waals surface area contributed by atoms with Crippen LogP contribution >= 0.6 is 7.82 Å². The molecule has 0 fully saturated rings. The van der Waals surface area contributed by atoms with Crippen molar-refractivity contribution < 1.29 is 37.5 Å². The van der Waals surface area contributed by atoms with E-state index in [1.54, 1.807) is 19.1 Å². The Balaban J connectivity index is 2.37. The highest BCUT2D eigenvalue weighted by Gasteiger charge is 2.20. The fourth-order valence-electron chi connectivity index (χ4n) is 3.18. The van der Waals surface area contributed by atoms with E-state index in [9.17, 15) is 23.5 Å². The third kappa shape index (κ3) is 4.72. The van der Waals surface area contributed by atoms with Gasteiger partial charge in [0.25, 0.3) is 0 Å². The van der Waals surface area contributed by atoms with Crippen LogP contribution in [0.15, 0.2) is 41.3 Å². The van der Waals surface area contributed by atoms with Crippen LogP contribution in [-0.2, 0) is 15.8 Å². The second kappa shape index (κ2) is 9.07. The molecule has 11 heteroatoms. The topological polar surface area (TPSA) is 122 Å². The number of phosphoric ester groups is 1. The Kier molecular flexibility index (Phi) is 6.66. The van der Waals surface area contributed by atoms with Crippen LogP contribution in [-0.4, -0.2) is 25.4 Å². The lowest BCUT2D eigenvalue weighted by molar-refractivity contribution is -0.344. The van der Waals surface area contributed by atoms with Gasteiger partial charge in [0.05, 0.1) is 39.6 Å². The molecule has 31 heavy (non-hydrogen) atoms. The number of ether oxygens (including phenoxy) is 3. The molecule has 3 rings (SSSR count). The van der Waals surface area contributed by atoms with Crippen molar-refractivity contribution in [3.8, 4) is 28.4 Å². The Morgan fingerprint density at radius 1 is 1.06 bits per heavy atom. The van der Waals surface area contributed by atoms with E-state index in [1.165, 1.54) is 32.5 Å². The van der Waals surface area contributed by atoms with Crippen LogP contribution < -0.4 is 29.4 Å². The van der Waals surface area contributed by atoms with Crippen LogP contribution in [0.5, 0.6) is 17.2 Å². The molecular formula is C20H19FNO8P-2. The lowest BCUT2D eigenvalue weighted by Crippen LogP contribution is -2.20. The fraction of sp³-hybridized carbons (Fsp3) is 0.250. The van der Waals surface area contributed by atoms with Gasteiger partial charge >= 0.3 is 0 Å². The normalized spacial score (nSPS) is 11.5. The number of benzene rings is 2. The van der Waals surface area contributed by atoms with Gasteiger partial charge in [0, 0.05) is 23.4 Å². The van der Waals surface area contributed by atoms with Crippen LogP contribution in [0.3, 0.4) is 0 Å². The van der Waals surface area contributed by atoms with Crippen molar-refractivity contribution in [3.05, 3.63) is 52.6 Å². The van der Waals surface area contributed by atoms with E-state index < -0.39 is 25.8 Å². The van der Waals surface area contributed by atoms with Crippen molar-refractivity contribution >= 4 is 18.7 Å². The van der Waals surface area contributed by atoms with E-state index in [4.69, 9.17) is 14.2 Å². The molecule has 1 aromatic heterocycles. The van der Waals surface area contributed by atoms with Gasteiger partial charge in [0.1, 0.15) is 29.8 Å². The Hall–Kier alpha value is -2.91. The second-order valence-electron chi connectivity index (χ2n) is 6.32. The van der Waals surface area contributed by atoms with E-state index in [0.717, 1.165) is 10.6 Å². The summed E-state index contributed by atoms with van der Waals surface area (Å²) < 4.78 is 47.3. The first-order valence-corrected chi connectivity index (χ1v) is 10.5. The van der Waals surface area contributed by atoms with Gasteiger partial charge in [-0.05, 0) is 31.2 Å². The predicted molar refractivity (Wildman–Crippen MR) is 107 cm³/mol. The number of aromatic nitrogens is 1. The summed E-state index contributed by atoms with van der Waals surface area (Å²) in [6.45, 7) is 1.11. The van der Waals surface area contributed by atoms with E-state index in [0.29, 0.717) is 11.3 Å². The molecule has 0 saturated heterocycles. The number of pyridine rings is 1. The molecule has 0 aliphatic carbocycles. The van der Waals surface area contributed by atoms with E-state index in [2.05, 4.69) is 4.52 Å². The molecule has 0 amide bonds. The summed E-state index contributed by atoms with van der Waals surface area (Å²) in [7, 11) is -2.50. The number of phosphoric acid groups is 1. The smallest absolute Gasteiger partial charge is 0.200 e. The standard InChI is InChI=1S/C20H21FNO8P/c1-4-29-16-8-7-15(21)18-19(16)22(11-30-31(24,25)26)10-14(20(18)23)13-6-5-12(27-2)9-17(13)28-3/h5-10H,4,11H2,1-3H3,(H2,24,25,26)/p-2. The average Bonchev–Trinajstić information content (AvgIpc) is 2.74. The lowest BCUT2D eigenvalue weighted by atomic mass is 10.0. The zero-order valence-corrected chi connectivity index (χ0v) is 17.8. The van der Waals surface area contributed by atoms with Crippen LogP contribution in [0.25, 0.3) is 22.0 Å². The van der Waals surface area contributed by atoms with Crippen molar-refractivity contribution in [3.63, 3.8) is 0 Å². The Bertz CT molecular complexity index is 1220. The minimum Gasteiger partial charge on any atom is -0.790 e. The van der Waals surface area contributed by atoms with E-state index in [1.807, 2.05) is 0 Å². The first-order chi connectivity index (χ1) is 14.7. The molecule has 0 spiro atoms. The van der Waals surface area contributed by atoms with Crippen molar-refractivity contribution in [1.82, 2.24) is 4.57 Å². The van der Waals surface area contributed by atoms with E-state index >= 15 is 0 Å². The van der Waals surface area contributed by atoms with Crippen LogP contribution in [0.1, 0.15) is 6.92 Å². The summed E-state index contributed by atoms with van der Waals surface area (Å²) >= 11 is 0. The van der Waals surface area contributed by atoms with Crippen molar-refractivity contribution in [2.45, 2.75) is 13.7 Å². The molecule has 9 nitrogen and oxygen atoms in total. The molecule has 3 aromatic rings. The quantitative estimate of drug-likeness (QED) is 0.477. The third-order valence-corrected chi connectivity index (χ3v) is 4.92. The molecule has 1 heterocycles. The predicted octanol–water partition coefficient (Wildman–Crippen LogP) is 2.03. The summed E-state index contributed by atoms with van der Waals surface area (Å²) in [5.41, 5.74) is -0.426. The van der Waals surface area contributed by atoms with Gasteiger partial charge in [-0.1, -0.05) is 0 Å². The number of nitrogens with zero attached hydrogens (tertiary/aromatic N) is 1. The Morgan fingerprint density at radius 2 is 1.81 bits per heavy atom. The van der Waals surface area contributed by atoms with Gasteiger partial charge in [-0.2, -0.15) is 0 Å². The van der Waals surface area contributed by atoms with Crippen molar-refractivity contribution in [1.29, 1.82) is 0 Å². The zero-order chi connectivity index (χ0) is 22.8. The number of hydrogen-bond acceptors (Lipinski definition) is 8. The highest BCUT2D eigenvalue weighted by atomic mass is 31.2. The minimum atomic E-state index is -5.35. The maximum Gasteiger partial charge on any atom is 0.200 e. The van der Waals surface area contributed by atoms with E-state index in [-0.39, 0.29) is 34.6 Å². The van der Waals surface area contributed by atoms with Crippen LogP contribution in [0, 0.1) is 5.82 Å². The first-order valence-electron chi connectivity index (χ1n) is 9.07. The SMILES string of the molecule is CCOc1ccc(F)c2c(=O)c(-c3ccc(OC)cc3OC)cn(COP(=O)([O-])[O-])c12. The Morgan fingerprint density at radius 3 is 2.42 bits per heavy atom. The van der Waals surface area contributed by atoms with Gasteiger partial charge in [-0.15, -0.1) is 0 Å². The highest BCUT2D eigenvalue weighted by molar-refractivity contribution is 7.43. The zero-order valence-electron chi connectivity index (χ0n) is 16.9. The summed E-state index contributed by atoms with van der Waals surface area (Å²) in [5.74, 6) is 0.00917. The number of hydrogen-bond donors (Lipinski definition) is 0. The molecular weight excluding hydrogens is 432 g/mol. The van der Waals surface area contributed by atoms with Gasteiger partial charge in [-0.25, -0.2) is 4.39 Å². The number of methoxy groups -OCH3 is 2. The Labute approximate surface area is 176 Å². The molecule has 0 saturated carbocycles. The molecule has 2 aromatic carbocycles. The fourth-order valence-corrected chi connectivity index (χ4v) is 3.45. The monoisotopic (exact) mass is 451 g/mol. The van der Waals surface area contributed by atoms with Gasteiger partial charge in [0.2, 0.25) is 0 Å². The minimum absolute atomic E-state index is 0.00483. The molecule has 0 N–H and O–H groups in total. The lowest BCUT2D eigenvalue weighted by Gasteiger charge is -2.29. The maximum absolute atomic E-state index is 14.8. The molecule has 0 bridgehead atoms. The summed E-state index contributed by atoms with van der Waals surface area (Å²) in [4.78, 5) is 35.4. The van der Waals surface area contributed by atoms with Gasteiger partial charge < -0.3 is 37.7 Å². The van der Waals surface area contributed by atoms with Crippen molar-refractivity contribution in [2.75, 3.05) is 20.8 Å². The summed E-state index contributed by atoms with van der Waals surface area (Å²) in [6, 6.07) is 7.04. The number of fused-ring (bicyclic) bond motifs is 1. The molecule has 0 radical (unpaired) electrons. The van der Waals surface area contributed by atoms with Gasteiger partial charge in [-0.3, -0.25) is 4.79 Å². The number of halogens is 1. The largest absolute Gasteiger partial charge is 0.790 e.